The average Bonchev–Trinajstić information content (AvgIpc) is 3.06. The number of imide groups is 1. The number of amides is 2. The molecule has 1 aromatic carbocycles. The number of aryl methyl sites for hydroxylation is 1. The zero-order chi connectivity index (χ0) is 18.4. The first-order valence-corrected chi connectivity index (χ1v) is 8.40. The summed E-state index contributed by atoms with van der Waals surface area (Å²) in [7, 11) is 1.42. The summed E-state index contributed by atoms with van der Waals surface area (Å²) in [5.41, 5.74) is 0.356. The molecule has 0 aromatic heterocycles. The van der Waals surface area contributed by atoms with E-state index in [0.29, 0.717) is 0 Å². The van der Waals surface area contributed by atoms with Gasteiger partial charge in [-0.15, -0.1) is 0 Å². The maximum absolute atomic E-state index is 12.7. The molecule has 0 bridgehead atoms. The number of benzene rings is 1. The van der Waals surface area contributed by atoms with E-state index in [1.807, 2.05) is 31.2 Å². The number of fused-ring (bicyclic) bond motifs is 1. The molecule has 1 aromatic rings. The number of aliphatic hydroxyl groups is 1. The van der Waals surface area contributed by atoms with E-state index in [9.17, 15) is 19.5 Å². The Morgan fingerprint density at radius 2 is 2.00 bits per heavy atom. The first-order valence-electron chi connectivity index (χ1n) is 8.40. The Morgan fingerprint density at radius 3 is 2.60 bits per heavy atom. The molecule has 2 heterocycles. The predicted octanol–water partition coefficient (Wildman–Crippen LogP) is -0.862. The van der Waals surface area contributed by atoms with Crippen LogP contribution in [0, 0.1) is 18.8 Å². The minimum absolute atomic E-state index is 0.138. The molecule has 2 aliphatic heterocycles. The number of nitrogens with two attached hydrogens (primary N) is 1. The highest BCUT2D eigenvalue weighted by atomic mass is 16.5. The molecule has 2 saturated heterocycles. The number of aliphatic hydroxyl groups excluding tert-OH is 1. The number of nitrogens with zero attached hydrogens (tertiary/aromatic N) is 1. The molecule has 2 amide bonds. The fourth-order valence-electron chi connectivity index (χ4n) is 4.19. The van der Waals surface area contributed by atoms with Crippen LogP contribution in [0.15, 0.2) is 24.3 Å². The maximum atomic E-state index is 12.7. The van der Waals surface area contributed by atoms with Crippen LogP contribution in [-0.4, -0.2) is 53.6 Å². The average molecular weight is 347 g/mol. The number of hydrogen-bond donors (Lipinski definition) is 2. The summed E-state index contributed by atoms with van der Waals surface area (Å²) in [5.74, 6) is -3.04. The van der Waals surface area contributed by atoms with E-state index in [-0.39, 0.29) is 12.5 Å². The Balaban J connectivity index is 2.14. The summed E-state index contributed by atoms with van der Waals surface area (Å²) in [5, 5.41) is 11.7. The number of likely N-dealkylation sites (tertiary alicyclic amines) is 1. The molecular formula is C18H23N2O5+. The second-order valence-electron chi connectivity index (χ2n) is 6.71. The van der Waals surface area contributed by atoms with Crippen molar-refractivity contribution in [2.75, 3.05) is 20.3 Å². The molecule has 7 nitrogen and oxygen atoms in total. The van der Waals surface area contributed by atoms with Crippen LogP contribution in [-0.2, 0) is 19.1 Å². The quantitative estimate of drug-likeness (QED) is 0.545. The summed E-state index contributed by atoms with van der Waals surface area (Å²) in [6.07, 6.45) is 0. The van der Waals surface area contributed by atoms with Crippen molar-refractivity contribution in [2.24, 2.45) is 11.8 Å². The van der Waals surface area contributed by atoms with Crippen molar-refractivity contribution in [3.05, 3.63) is 35.4 Å². The number of rotatable bonds is 4. The molecule has 2 aliphatic rings. The first kappa shape index (κ1) is 17.6. The highest BCUT2D eigenvalue weighted by molar-refractivity contribution is 6.08. The van der Waals surface area contributed by atoms with Crippen LogP contribution in [0.5, 0.6) is 0 Å². The van der Waals surface area contributed by atoms with Gasteiger partial charge in [0, 0.05) is 12.6 Å². The van der Waals surface area contributed by atoms with E-state index in [4.69, 9.17) is 4.74 Å². The summed E-state index contributed by atoms with van der Waals surface area (Å²) in [6, 6.07) is 7.14. The number of carbonyl (C=O) groups is 3. The monoisotopic (exact) mass is 347 g/mol. The number of esters is 1. The molecule has 25 heavy (non-hydrogen) atoms. The normalized spacial score (nSPS) is 31.4. The van der Waals surface area contributed by atoms with Gasteiger partial charge in [0.05, 0.1) is 6.61 Å². The minimum Gasteiger partial charge on any atom is -0.461 e. The van der Waals surface area contributed by atoms with Gasteiger partial charge in [0.25, 0.3) is 0 Å². The van der Waals surface area contributed by atoms with E-state index >= 15 is 0 Å². The number of hydrogen-bond acceptors (Lipinski definition) is 5. The van der Waals surface area contributed by atoms with Gasteiger partial charge in [-0.25, -0.2) is 4.79 Å². The number of quaternary nitrogens is 1. The Labute approximate surface area is 146 Å². The second kappa shape index (κ2) is 6.24. The smallest absolute Gasteiger partial charge is 0.371 e. The van der Waals surface area contributed by atoms with Crippen molar-refractivity contribution in [3.8, 4) is 0 Å². The molecule has 4 atom stereocenters. The van der Waals surface area contributed by atoms with Crippen LogP contribution < -0.4 is 5.32 Å². The number of ether oxygens (including phenoxy) is 1. The molecular weight excluding hydrogens is 324 g/mol. The molecule has 134 valence electrons. The Bertz CT molecular complexity index is 734. The summed E-state index contributed by atoms with van der Waals surface area (Å²) in [6.45, 7) is 3.16. The molecule has 2 fully saturated rings. The maximum Gasteiger partial charge on any atom is 0.371 e. The van der Waals surface area contributed by atoms with Crippen LogP contribution in [0.25, 0.3) is 0 Å². The van der Waals surface area contributed by atoms with Crippen LogP contribution in [0.3, 0.4) is 0 Å². The van der Waals surface area contributed by atoms with Gasteiger partial charge >= 0.3 is 5.97 Å². The first-order chi connectivity index (χ1) is 11.9. The lowest BCUT2D eigenvalue weighted by Crippen LogP contribution is -2.99. The van der Waals surface area contributed by atoms with Gasteiger partial charge in [-0.2, -0.15) is 0 Å². The lowest BCUT2D eigenvalue weighted by Gasteiger charge is -2.27. The van der Waals surface area contributed by atoms with Crippen molar-refractivity contribution in [2.45, 2.75) is 25.4 Å². The van der Waals surface area contributed by atoms with E-state index in [1.165, 1.54) is 7.05 Å². The van der Waals surface area contributed by atoms with E-state index < -0.39 is 41.9 Å². The summed E-state index contributed by atoms with van der Waals surface area (Å²) >= 11 is 0. The second-order valence-corrected chi connectivity index (χ2v) is 6.71. The van der Waals surface area contributed by atoms with Crippen LogP contribution >= 0.6 is 0 Å². The van der Waals surface area contributed by atoms with Crippen LogP contribution in [0.2, 0.25) is 0 Å². The highest BCUT2D eigenvalue weighted by Crippen LogP contribution is 2.44. The fourth-order valence-corrected chi connectivity index (χ4v) is 4.19. The SMILES string of the molecule is CCOC(=O)[C@]1(CO)[NH2+][C@@H](c2ccccc2C)[C@H]2C(=O)N(C)C(=O)[C@H]21. The van der Waals surface area contributed by atoms with E-state index in [0.717, 1.165) is 16.0 Å². The third-order valence-corrected chi connectivity index (χ3v) is 5.45. The Hall–Kier alpha value is -2.25. The van der Waals surface area contributed by atoms with Crippen molar-refractivity contribution in [1.29, 1.82) is 0 Å². The van der Waals surface area contributed by atoms with E-state index in [1.54, 1.807) is 12.2 Å². The summed E-state index contributed by atoms with van der Waals surface area (Å²) in [4.78, 5) is 39.2. The number of carbonyl (C=O) groups excluding carboxylic acids is 3. The van der Waals surface area contributed by atoms with Crippen molar-refractivity contribution in [1.82, 2.24) is 4.90 Å². The molecule has 0 spiro atoms. The lowest BCUT2D eigenvalue weighted by atomic mass is 9.79. The zero-order valence-electron chi connectivity index (χ0n) is 14.6. The van der Waals surface area contributed by atoms with Gasteiger partial charge in [0.1, 0.15) is 24.5 Å². The minimum atomic E-state index is -1.49. The van der Waals surface area contributed by atoms with E-state index in [2.05, 4.69) is 0 Å². The van der Waals surface area contributed by atoms with Gasteiger partial charge in [-0.1, -0.05) is 24.3 Å². The van der Waals surface area contributed by atoms with Gasteiger partial charge in [0.15, 0.2) is 0 Å². The topological polar surface area (TPSA) is 101 Å². The predicted molar refractivity (Wildman–Crippen MR) is 87.1 cm³/mol. The third-order valence-electron chi connectivity index (χ3n) is 5.45. The molecule has 0 radical (unpaired) electrons. The van der Waals surface area contributed by atoms with Crippen LogP contribution in [0.4, 0.5) is 0 Å². The third kappa shape index (κ3) is 2.38. The largest absolute Gasteiger partial charge is 0.461 e. The lowest BCUT2D eigenvalue weighted by molar-refractivity contribution is -0.735. The van der Waals surface area contributed by atoms with Gasteiger partial charge in [-0.3, -0.25) is 14.5 Å². The standard InChI is InChI=1S/C18H22N2O5/c1-4-25-17(24)18(9-21)13-12(15(22)20(3)16(13)23)14(19-18)11-8-6-5-7-10(11)2/h5-8,12-14,19,21H,4,9H2,1-3H3/p+1/t12-,13-,14-,18+/m0/s1. The fraction of sp³-hybridized carbons (Fsp3) is 0.500. The molecule has 3 N–H and O–H groups in total. The molecule has 7 heteroatoms. The van der Waals surface area contributed by atoms with Crippen molar-refractivity contribution >= 4 is 17.8 Å². The van der Waals surface area contributed by atoms with Gasteiger partial charge < -0.3 is 15.2 Å². The molecule has 0 unspecified atom stereocenters. The molecule has 0 aliphatic carbocycles. The molecule has 3 rings (SSSR count). The van der Waals surface area contributed by atoms with Gasteiger partial charge in [0.2, 0.25) is 17.4 Å². The zero-order valence-corrected chi connectivity index (χ0v) is 14.6. The Morgan fingerprint density at radius 1 is 1.32 bits per heavy atom. The van der Waals surface area contributed by atoms with Crippen LogP contribution in [0.1, 0.15) is 24.1 Å². The Kier molecular flexibility index (Phi) is 4.38. The molecule has 0 saturated carbocycles. The van der Waals surface area contributed by atoms with Crippen molar-refractivity contribution in [3.63, 3.8) is 0 Å². The van der Waals surface area contributed by atoms with Crippen molar-refractivity contribution < 1.29 is 29.5 Å². The summed E-state index contributed by atoms with van der Waals surface area (Å²) < 4.78 is 5.15. The highest BCUT2D eigenvalue weighted by Gasteiger charge is 2.72. The van der Waals surface area contributed by atoms with Gasteiger partial charge in [-0.05, 0) is 19.4 Å².